The quantitative estimate of drug-likeness (QED) is 0.305. The lowest BCUT2D eigenvalue weighted by atomic mass is 9.81. The fourth-order valence-corrected chi connectivity index (χ4v) is 4.20. The Morgan fingerprint density at radius 2 is 1.83 bits per heavy atom. The first-order valence-electron chi connectivity index (χ1n) is 12.3. The summed E-state index contributed by atoms with van der Waals surface area (Å²) in [7, 11) is 0. The first kappa shape index (κ1) is 28.1. The molecule has 0 bridgehead atoms. The summed E-state index contributed by atoms with van der Waals surface area (Å²) >= 11 is 0. The number of amides is 4. The molecule has 1 aliphatic heterocycles. The van der Waals surface area contributed by atoms with Gasteiger partial charge >= 0.3 is 6.09 Å². The SMILES string of the molecule is CC(C)C[C@H]1C(=O)N[C@H](C(=O)NCc2ccccc2)CCCCNC(=O)OCCC[C@@H]1C(=O)NO. The number of hydrogen-bond acceptors (Lipinski definition) is 6. The van der Waals surface area contributed by atoms with Gasteiger partial charge in [0.2, 0.25) is 17.7 Å². The van der Waals surface area contributed by atoms with Crippen LogP contribution in [0.5, 0.6) is 0 Å². The fourth-order valence-electron chi connectivity index (χ4n) is 4.20. The molecule has 10 nitrogen and oxygen atoms in total. The summed E-state index contributed by atoms with van der Waals surface area (Å²) in [6.07, 6.45) is 1.98. The number of nitrogens with one attached hydrogen (secondary N) is 4. The highest BCUT2D eigenvalue weighted by molar-refractivity contribution is 5.91. The van der Waals surface area contributed by atoms with Crippen LogP contribution in [0.15, 0.2) is 30.3 Å². The normalized spacial score (nSPS) is 22.6. The number of carbonyl (C=O) groups is 4. The lowest BCUT2D eigenvalue weighted by molar-refractivity contribution is -0.142. The standard InChI is InChI=1S/C25H38N4O6/c1-17(2)15-20-19(23(31)29-34)11-8-14-35-25(33)26-13-7-6-12-21(28-22(20)30)24(32)27-16-18-9-4-3-5-10-18/h3-5,9-10,17,19-21,34H,6-8,11-16H2,1-2H3,(H,26,33)(H,27,32)(H,28,30)(H,29,31)/t19-,20+,21-/m0/s1. The molecule has 35 heavy (non-hydrogen) atoms. The molecule has 2 rings (SSSR count). The Kier molecular flexibility index (Phi) is 12.0. The zero-order valence-electron chi connectivity index (χ0n) is 20.5. The van der Waals surface area contributed by atoms with Gasteiger partial charge in [-0.3, -0.25) is 19.6 Å². The zero-order valence-corrected chi connectivity index (χ0v) is 20.5. The average molecular weight is 491 g/mol. The van der Waals surface area contributed by atoms with Crippen molar-refractivity contribution in [2.24, 2.45) is 17.8 Å². The Bertz CT molecular complexity index is 833. The summed E-state index contributed by atoms with van der Waals surface area (Å²) in [5.41, 5.74) is 2.60. The van der Waals surface area contributed by atoms with Crippen molar-refractivity contribution in [3.05, 3.63) is 35.9 Å². The maximum atomic E-state index is 13.4. The van der Waals surface area contributed by atoms with E-state index in [1.165, 1.54) is 0 Å². The molecule has 1 fully saturated rings. The van der Waals surface area contributed by atoms with Gasteiger partial charge in [-0.05, 0) is 50.0 Å². The Balaban J connectivity index is 2.22. The van der Waals surface area contributed by atoms with E-state index >= 15 is 0 Å². The first-order chi connectivity index (χ1) is 16.8. The number of alkyl carbamates (subject to hydrolysis) is 1. The van der Waals surface area contributed by atoms with Crippen molar-refractivity contribution in [1.82, 2.24) is 21.4 Å². The molecule has 0 radical (unpaired) electrons. The Morgan fingerprint density at radius 1 is 1.09 bits per heavy atom. The lowest BCUT2D eigenvalue weighted by Crippen LogP contribution is -2.50. The average Bonchev–Trinajstić information content (AvgIpc) is 2.85. The molecule has 3 atom stereocenters. The Morgan fingerprint density at radius 3 is 2.51 bits per heavy atom. The van der Waals surface area contributed by atoms with Gasteiger partial charge in [0, 0.05) is 19.0 Å². The molecule has 0 saturated carbocycles. The molecule has 1 aromatic rings. The molecule has 1 saturated heterocycles. The van der Waals surface area contributed by atoms with Crippen molar-refractivity contribution < 1.29 is 29.1 Å². The molecule has 5 N–H and O–H groups in total. The van der Waals surface area contributed by atoms with Crippen molar-refractivity contribution in [3.8, 4) is 0 Å². The minimum atomic E-state index is -0.841. The van der Waals surface area contributed by atoms with E-state index in [2.05, 4.69) is 16.0 Å². The van der Waals surface area contributed by atoms with Gasteiger partial charge in [0.05, 0.1) is 12.5 Å². The highest BCUT2D eigenvalue weighted by atomic mass is 16.5. The summed E-state index contributed by atoms with van der Waals surface area (Å²) in [5.74, 6) is -2.90. The van der Waals surface area contributed by atoms with Crippen LogP contribution in [0.3, 0.4) is 0 Å². The van der Waals surface area contributed by atoms with E-state index in [0.717, 1.165) is 5.56 Å². The Labute approximate surface area is 206 Å². The van der Waals surface area contributed by atoms with Gasteiger partial charge in [-0.2, -0.15) is 0 Å². The van der Waals surface area contributed by atoms with Crippen LogP contribution in [0, 0.1) is 17.8 Å². The van der Waals surface area contributed by atoms with E-state index in [9.17, 15) is 24.4 Å². The third-order valence-corrected chi connectivity index (χ3v) is 6.02. The van der Waals surface area contributed by atoms with Crippen LogP contribution >= 0.6 is 0 Å². The van der Waals surface area contributed by atoms with Crippen LogP contribution in [-0.2, 0) is 25.7 Å². The van der Waals surface area contributed by atoms with Crippen LogP contribution in [-0.4, -0.2) is 48.2 Å². The molecule has 0 aromatic heterocycles. The van der Waals surface area contributed by atoms with E-state index in [1.807, 2.05) is 44.2 Å². The molecule has 1 aromatic carbocycles. The molecule has 0 unspecified atom stereocenters. The van der Waals surface area contributed by atoms with Crippen molar-refractivity contribution >= 4 is 23.8 Å². The van der Waals surface area contributed by atoms with Crippen molar-refractivity contribution in [1.29, 1.82) is 0 Å². The zero-order chi connectivity index (χ0) is 25.6. The number of benzene rings is 1. The van der Waals surface area contributed by atoms with Gasteiger partial charge in [-0.1, -0.05) is 44.2 Å². The third-order valence-electron chi connectivity index (χ3n) is 6.02. The molecule has 0 aliphatic carbocycles. The molecular weight excluding hydrogens is 452 g/mol. The summed E-state index contributed by atoms with van der Waals surface area (Å²) in [5, 5.41) is 17.7. The molecule has 0 spiro atoms. The van der Waals surface area contributed by atoms with Crippen molar-refractivity contribution in [2.75, 3.05) is 13.2 Å². The largest absolute Gasteiger partial charge is 0.450 e. The summed E-state index contributed by atoms with van der Waals surface area (Å²) in [6.45, 7) is 4.67. The van der Waals surface area contributed by atoms with E-state index in [-0.39, 0.29) is 24.9 Å². The summed E-state index contributed by atoms with van der Waals surface area (Å²) in [6, 6.07) is 8.66. The summed E-state index contributed by atoms with van der Waals surface area (Å²) < 4.78 is 5.15. The maximum absolute atomic E-state index is 13.4. The molecule has 1 heterocycles. The first-order valence-corrected chi connectivity index (χ1v) is 12.3. The van der Waals surface area contributed by atoms with Crippen LogP contribution in [0.25, 0.3) is 0 Å². The van der Waals surface area contributed by atoms with E-state index < -0.39 is 35.8 Å². The predicted octanol–water partition coefficient (Wildman–Crippen LogP) is 2.26. The number of hydroxylamine groups is 1. The van der Waals surface area contributed by atoms with Crippen LogP contribution in [0.4, 0.5) is 4.79 Å². The van der Waals surface area contributed by atoms with Gasteiger partial charge in [0.1, 0.15) is 6.04 Å². The van der Waals surface area contributed by atoms with Crippen molar-refractivity contribution in [3.63, 3.8) is 0 Å². The topological polar surface area (TPSA) is 146 Å². The van der Waals surface area contributed by atoms with Crippen LogP contribution < -0.4 is 21.4 Å². The predicted molar refractivity (Wildman–Crippen MR) is 129 cm³/mol. The number of ether oxygens (including phenoxy) is 1. The van der Waals surface area contributed by atoms with Gasteiger partial charge in [-0.25, -0.2) is 10.3 Å². The minimum Gasteiger partial charge on any atom is -0.450 e. The molecule has 194 valence electrons. The van der Waals surface area contributed by atoms with Crippen LogP contribution in [0.2, 0.25) is 0 Å². The second-order valence-corrected chi connectivity index (χ2v) is 9.28. The monoisotopic (exact) mass is 490 g/mol. The van der Waals surface area contributed by atoms with Crippen molar-refractivity contribution in [2.45, 2.75) is 65.0 Å². The van der Waals surface area contributed by atoms with E-state index in [4.69, 9.17) is 4.74 Å². The highest BCUT2D eigenvalue weighted by Crippen LogP contribution is 2.26. The molecular formula is C25H38N4O6. The molecule has 1 aliphatic rings. The van der Waals surface area contributed by atoms with Gasteiger partial charge in [-0.15, -0.1) is 0 Å². The van der Waals surface area contributed by atoms with Gasteiger partial charge < -0.3 is 20.7 Å². The fraction of sp³-hybridized carbons (Fsp3) is 0.600. The third kappa shape index (κ3) is 9.94. The molecule has 4 amide bonds. The smallest absolute Gasteiger partial charge is 0.407 e. The maximum Gasteiger partial charge on any atom is 0.407 e. The number of rotatable bonds is 6. The Hall–Kier alpha value is -3.14. The van der Waals surface area contributed by atoms with E-state index in [1.54, 1.807) is 5.48 Å². The van der Waals surface area contributed by atoms with E-state index in [0.29, 0.717) is 45.2 Å². The van der Waals surface area contributed by atoms with Crippen LogP contribution in [0.1, 0.15) is 57.9 Å². The number of carbonyl (C=O) groups excluding carboxylic acids is 4. The second kappa shape index (κ2) is 15.0. The number of hydrogen-bond donors (Lipinski definition) is 5. The summed E-state index contributed by atoms with van der Waals surface area (Å²) in [4.78, 5) is 50.8. The minimum absolute atomic E-state index is 0.0849. The second-order valence-electron chi connectivity index (χ2n) is 9.28. The lowest BCUT2D eigenvalue weighted by Gasteiger charge is -2.28. The molecule has 10 heteroatoms. The van der Waals surface area contributed by atoms with Gasteiger partial charge in [0.15, 0.2) is 0 Å². The van der Waals surface area contributed by atoms with Gasteiger partial charge in [0.25, 0.3) is 0 Å². The number of cyclic esters (lactones) is 1. The highest BCUT2D eigenvalue weighted by Gasteiger charge is 2.35.